The molecule has 0 aromatic heterocycles. The van der Waals surface area contributed by atoms with Crippen molar-refractivity contribution in [3.8, 4) is 22.3 Å². The summed E-state index contributed by atoms with van der Waals surface area (Å²) in [6.07, 6.45) is 8.18. The Morgan fingerprint density at radius 1 is 0.492 bits per heavy atom. The van der Waals surface area contributed by atoms with Crippen molar-refractivity contribution in [3.05, 3.63) is 142 Å². The second-order valence-corrected chi connectivity index (χ2v) is 19.6. The van der Waals surface area contributed by atoms with E-state index in [-0.39, 0.29) is 25.1 Å². The molecule has 5 aromatic rings. The molecule has 0 N–H and O–H groups in total. The molecule has 1 unspecified atom stereocenters. The van der Waals surface area contributed by atoms with Gasteiger partial charge >= 0.3 is 14.2 Å². The number of rotatable bonds is 11. The molecule has 0 bridgehead atoms. The molecule has 2 aliphatic heterocycles. The van der Waals surface area contributed by atoms with Crippen molar-refractivity contribution in [2.24, 2.45) is 0 Å². The molecule has 2 fully saturated rings. The SMILES string of the molecule is [B]C1(CCCCCCCC)c2cc(B3OCCO3)ccc2-c2cc3c(cc21)-c1ccc(B2OCCO2)cc1C3(c1ccc(C(C)(C)C)cc1)c1ccc(C(C)(C)C)cc1. The third kappa shape index (κ3) is 6.99. The third-order valence-electron chi connectivity index (χ3n) is 13.7. The summed E-state index contributed by atoms with van der Waals surface area (Å²) in [5.74, 6) is 0. The maximum absolute atomic E-state index is 7.90. The zero-order chi connectivity index (χ0) is 41.2. The molecule has 0 spiro atoms. The molecule has 59 heavy (non-hydrogen) atoms. The number of benzene rings is 5. The van der Waals surface area contributed by atoms with Crippen LogP contribution in [0.15, 0.2) is 97.1 Å². The molecule has 2 saturated heterocycles. The summed E-state index contributed by atoms with van der Waals surface area (Å²) in [7, 11) is 7.15. The standard InChI is InChI=1S/C52H59B3O4/c1-8-9-10-11-12-13-26-51(53)45-31-39(54-56-27-28-57-54)22-24-41(45)43-34-48-44(33-46(43)51)42-25-23-40(55-58-29-30-59-55)32-47(42)52(48,37-18-14-35(15-19-37)49(2,3)4)38-20-16-36(17-21-38)50(5,6)7/h14-25,31-34H,8-13,26-30H2,1-7H3. The second kappa shape index (κ2) is 15.6. The van der Waals surface area contributed by atoms with Crippen molar-refractivity contribution in [3.63, 3.8) is 0 Å². The highest BCUT2D eigenvalue weighted by Gasteiger charge is 2.50. The van der Waals surface area contributed by atoms with Crippen LogP contribution in [0.3, 0.4) is 0 Å². The van der Waals surface area contributed by atoms with Gasteiger partial charge in [-0.2, -0.15) is 0 Å². The lowest BCUT2D eigenvalue weighted by Crippen LogP contribution is -2.35. The van der Waals surface area contributed by atoms with Gasteiger partial charge in [0.2, 0.25) is 0 Å². The molecule has 300 valence electrons. The van der Waals surface area contributed by atoms with Crippen LogP contribution in [-0.4, -0.2) is 48.5 Å². The molecule has 9 rings (SSSR count). The van der Waals surface area contributed by atoms with Crippen LogP contribution in [0.5, 0.6) is 0 Å². The van der Waals surface area contributed by atoms with Gasteiger partial charge in [0.05, 0.1) is 39.7 Å². The fraction of sp³-hybridized carbons (Fsp3) is 0.423. The lowest BCUT2D eigenvalue weighted by Gasteiger charge is -2.36. The number of hydrogen-bond donors (Lipinski definition) is 0. The summed E-state index contributed by atoms with van der Waals surface area (Å²) in [4.78, 5) is 0. The van der Waals surface area contributed by atoms with E-state index in [0.717, 1.165) is 23.8 Å². The molecule has 5 aromatic carbocycles. The first-order valence-corrected chi connectivity index (χ1v) is 22.3. The molecule has 7 heteroatoms. The zero-order valence-electron chi connectivity index (χ0n) is 36.4. The van der Waals surface area contributed by atoms with Crippen molar-refractivity contribution >= 4 is 33.0 Å². The van der Waals surface area contributed by atoms with Crippen LogP contribution in [0, 0.1) is 0 Å². The van der Waals surface area contributed by atoms with E-state index in [0.29, 0.717) is 26.4 Å². The van der Waals surface area contributed by atoms with Crippen LogP contribution in [0.2, 0.25) is 0 Å². The van der Waals surface area contributed by atoms with Crippen LogP contribution < -0.4 is 10.9 Å². The normalized spacial score (nSPS) is 19.2. The zero-order valence-corrected chi connectivity index (χ0v) is 36.4. The van der Waals surface area contributed by atoms with E-state index in [4.69, 9.17) is 26.5 Å². The highest BCUT2D eigenvalue weighted by molar-refractivity contribution is 6.62. The van der Waals surface area contributed by atoms with Crippen LogP contribution in [0.25, 0.3) is 22.3 Å². The lowest BCUT2D eigenvalue weighted by molar-refractivity contribution is 0.365. The largest absolute Gasteiger partial charge is 0.494 e. The van der Waals surface area contributed by atoms with E-state index < -0.39 is 10.7 Å². The van der Waals surface area contributed by atoms with Crippen LogP contribution >= 0.6 is 0 Å². The average Bonchev–Trinajstić information content (AvgIpc) is 4.05. The maximum atomic E-state index is 7.90. The molecule has 0 amide bonds. The Balaban J connectivity index is 1.29. The molecule has 4 nitrogen and oxygen atoms in total. The Kier molecular flexibility index (Phi) is 10.7. The third-order valence-corrected chi connectivity index (χ3v) is 13.7. The van der Waals surface area contributed by atoms with E-state index in [9.17, 15) is 0 Å². The first kappa shape index (κ1) is 40.5. The monoisotopic (exact) mass is 780 g/mol. The molecule has 2 aliphatic carbocycles. The minimum absolute atomic E-state index is 0.0221. The van der Waals surface area contributed by atoms with Gasteiger partial charge in [-0.1, -0.05) is 178 Å². The summed E-state index contributed by atoms with van der Waals surface area (Å²) in [6, 6.07) is 37.5. The topological polar surface area (TPSA) is 36.9 Å². The van der Waals surface area contributed by atoms with Gasteiger partial charge in [0.15, 0.2) is 0 Å². The second-order valence-electron chi connectivity index (χ2n) is 19.6. The fourth-order valence-corrected chi connectivity index (χ4v) is 10.4. The smallest absolute Gasteiger partial charge is 0.405 e. The van der Waals surface area contributed by atoms with Gasteiger partial charge in [0, 0.05) is 0 Å². The van der Waals surface area contributed by atoms with Gasteiger partial charge < -0.3 is 18.6 Å². The summed E-state index contributed by atoms with van der Waals surface area (Å²) in [5, 5.41) is -0.654. The van der Waals surface area contributed by atoms with E-state index >= 15 is 0 Å². The molecule has 1 atom stereocenters. The molecule has 2 radical (unpaired) electrons. The summed E-state index contributed by atoms with van der Waals surface area (Å²) >= 11 is 0. The maximum Gasteiger partial charge on any atom is 0.494 e. The molecular formula is C52H59B3O4. The fourth-order valence-electron chi connectivity index (χ4n) is 10.4. The molecule has 2 heterocycles. The van der Waals surface area contributed by atoms with Crippen molar-refractivity contribution in [1.29, 1.82) is 0 Å². The Hall–Kier alpha value is -3.87. The highest BCUT2D eigenvalue weighted by Crippen LogP contribution is 2.60. The average molecular weight is 780 g/mol. The van der Waals surface area contributed by atoms with Gasteiger partial charge in [-0.3, -0.25) is 0 Å². The Morgan fingerprint density at radius 2 is 0.898 bits per heavy atom. The minimum atomic E-state index is -0.654. The minimum Gasteiger partial charge on any atom is -0.405 e. The Labute approximate surface area is 355 Å². The molecular weight excluding hydrogens is 721 g/mol. The first-order valence-electron chi connectivity index (χ1n) is 22.3. The highest BCUT2D eigenvalue weighted by atomic mass is 16.6. The summed E-state index contributed by atoms with van der Waals surface area (Å²) in [5.41, 5.74) is 16.5. The van der Waals surface area contributed by atoms with Gasteiger partial charge in [-0.15, -0.1) is 0 Å². The predicted octanol–water partition coefficient (Wildman–Crippen LogP) is 10.3. The van der Waals surface area contributed by atoms with Crippen LogP contribution in [0.4, 0.5) is 0 Å². The quantitative estimate of drug-likeness (QED) is 0.0970. The first-order chi connectivity index (χ1) is 28.3. The molecule has 0 saturated carbocycles. The molecule has 4 aliphatic rings. The van der Waals surface area contributed by atoms with E-state index in [1.54, 1.807) is 0 Å². The van der Waals surface area contributed by atoms with E-state index in [1.807, 2.05) is 0 Å². The van der Waals surface area contributed by atoms with E-state index in [1.165, 1.54) is 98.9 Å². The number of unbranched alkanes of at least 4 members (excludes halogenated alkanes) is 5. The predicted molar refractivity (Wildman–Crippen MR) is 246 cm³/mol. The van der Waals surface area contributed by atoms with Crippen molar-refractivity contribution in [2.75, 3.05) is 26.4 Å². The van der Waals surface area contributed by atoms with Crippen molar-refractivity contribution in [2.45, 2.75) is 115 Å². The summed E-state index contributed by atoms with van der Waals surface area (Å²) in [6.45, 7) is 18.4. The van der Waals surface area contributed by atoms with Gasteiger partial charge in [0.1, 0.15) is 0 Å². The number of hydrogen-bond acceptors (Lipinski definition) is 4. The van der Waals surface area contributed by atoms with Gasteiger partial charge in [-0.05, 0) is 106 Å². The number of fused-ring (bicyclic) bond motifs is 6. The lowest BCUT2D eigenvalue weighted by atomic mass is 9.58. The Bertz CT molecular complexity index is 2270. The van der Waals surface area contributed by atoms with Crippen LogP contribution in [-0.2, 0) is 40.2 Å². The van der Waals surface area contributed by atoms with E-state index in [2.05, 4.69) is 146 Å². The van der Waals surface area contributed by atoms with Gasteiger partial charge in [-0.25, -0.2) is 0 Å². The van der Waals surface area contributed by atoms with Crippen molar-refractivity contribution < 1.29 is 18.6 Å². The Morgan fingerprint density at radius 3 is 1.41 bits per heavy atom. The van der Waals surface area contributed by atoms with Crippen molar-refractivity contribution in [1.82, 2.24) is 0 Å². The summed E-state index contributed by atoms with van der Waals surface area (Å²) < 4.78 is 24.4. The van der Waals surface area contributed by atoms with Gasteiger partial charge in [0.25, 0.3) is 0 Å². The van der Waals surface area contributed by atoms with Crippen LogP contribution in [0.1, 0.15) is 138 Å².